The minimum atomic E-state index is -0.301. The summed E-state index contributed by atoms with van der Waals surface area (Å²) in [6.07, 6.45) is 4.04. The van der Waals surface area contributed by atoms with Crippen LogP contribution in [-0.4, -0.2) is 41.0 Å². The van der Waals surface area contributed by atoms with Crippen molar-refractivity contribution in [3.8, 4) is 0 Å². The molecule has 2 aliphatic heterocycles. The summed E-state index contributed by atoms with van der Waals surface area (Å²) in [6, 6.07) is 0.0102. The van der Waals surface area contributed by atoms with Gasteiger partial charge in [0.25, 0.3) is 5.95 Å². The Labute approximate surface area is 100.0 Å². The monoisotopic (exact) mass is 238 g/mol. The highest BCUT2D eigenvalue weighted by atomic mass is 16.5. The Morgan fingerprint density at radius 3 is 2.82 bits per heavy atom. The molecule has 1 aromatic rings. The first-order valence-corrected chi connectivity index (χ1v) is 6.33. The van der Waals surface area contributed by atoms with E-state index >= 15 is 0 Å². The molecule has 6 heteroatoms. The molecular weight excluding hydrogens is 220 g/mol. The molecular formula is C11H18N4O2. The molecule has 2 N–H and O–H groups in total. The van der Waals surface area contributed by atoms with Gasteiger partial charge < -0.3 is 19.8 Å². The molecule has 0 bridgehead atoms. The van der Waals surface area contributed by atoms with Gasteiger partial charge in [-0.05, 0) is 30.8 Å². The highest BCUT2D eigenvalue weighted by Gasteiger charge is 2.29. The van der Waals surface area contributed by atoms with E-state index in [9.17, 15) is 5.11 Å². The molecule has 0 spiro atoms. The lowest BCUT2D eigenvalue weighted by atomic mass is 10.1. The predicted octanol–water partition coefficient (Wildman–Crippen LogP) is 0.455. The van der Waals surface area contributed by atoms with Gasteiger partial charge in [0.05, 0.1) is 12.1 Å². The maximum absolute atomic E-state index is 9.45. The molecule has 1 aromatic heterocycles. The third-order valence-corrected chi connectivity index (χ3v) is 3.48. The van der Waals surface area contributed by atoms with E-state index in [1.54, 1.807) is 0 Å². The first kappa shape index (κ1) is 11.0. The fourth-order valence-corrected chi connectivity index (χ4v) is 2.50. The van der Waals surface area contributed by atoms with Crippen molar-refractivity contribution in [2.24, 2.45) is 0 Å². The minimum Gasteiger partial charge on any atom is -0.392 e. The van der Waals surface area contributed by atoms with Crippen LogP contribution < -0.4 is 10.2 Å². The molecule has 2 aliphatic rings. The molecule has 3 rings (SSSR count). The van der Waals surface area contributed by atoms with Crippen molar-refractivity contribution in [2.75, 3.05) is 24.5 Å². The number of anilines is 1. The SMILES string of the molecule is O[C@H]1CN[C@@H](c2nc(N3CCCCC3)no2)C1. The van der Waals surface area contributed by atoms with Crippen LogP contribution in [0.15, 0.2) is 4.52 Å². The number of hydrogen-bond acceptors (Lipinski definition) is 6. The topological polar surface area (TPSA) is 74.4 Å². The van der Waals surface area contributed by atoms with Gasteiger partial charge in [-0.2, -0.15) is 4.98 Å². The summed E-state index contributed by atoms with van der Waals surface area (Å²) >= 11 is 0. The van der Waals surface area contributed by atoms with E-state index in [0.717, 1.165) is 13.1 Å². The first-order chi connectivity index (χ1) is 8.33. The lowest BCUT2D eigenvalue weighted by Gasteiger charge is -2.24. The van der Waals surface area contributed by atoms with Crippen molar-refractivity contribution in [3.05, 3.63) is 5.89 Å². The van der Waals surface area contributed by atoms with Crippen molar-refractivity contribution in [1.82, 2.24) is 15.5 Å². The molecule has 2 saturated heterocycles. The molecule has 3 heterocycles. The Morgan fingerprint density at radius 1 is 1.29 bits per heavy atom. The minimum absolute atomic E-state index is 0.0102. The van der Waals surface area contributed by atoms with Crippen molar-refractivity contribution in [3.63, 3.8) is 0 Å². The fourth-order valence-electron chi connectivity index (χ4n) is 2.50. The predicted molar refractivity (Wildman–Crippen MR) is 61.7 cm³/mol. The van der Waals surface area contributed by atoms with Crippen LogP contribution in [0, 0.1) is 0 Å². The molecule has 17 heavy (non-hydrogen) atoms. The number of piperidine rings is 1. The number of aromatic nitrogens is 2. The van der Waals surface area contributed by atoms with Gasteiger partial charge in [-0.25, -0.2) is 0 Å². The number of hydrogen-bond donors (Lipinski definition) is 2. The van der Waals surface area contributed by atoms with Crippen LogP contribution in [0.1, 0.15) is 37.6 Å². The van der Waals surface area contributed by atoms with E-state index in [-0.39, 0.29) is 12.1 Å². The summed E-state index contributed by atoms with van der Waals surface area (Å²) < 4.78 is 5.27. The molecule has 2 atom stereocenters. The third kappa shape index (κ3) is 2.28. The number of nitrogens with zero attached hydrogens (tertiary/aromatic N) is 3. The van der Waals surface area contributed by atoms with Crippen LogP contribution >= 0.6 is 0 Å². The van der Waals surface area contributed by atoms with Crippen LogP contribution in [0.3, 0.4) is 0 Å². The van der Waals surface area contributed by atoms with E-state index in [2.05, 4.69) is 20.4 Å². The number of nitrogens with one attached hydrogen (secondary N) is 1. The average Bonchev–Trinajstić information content (AvgIpc) is 2.98. The van der Waals surface area contributed by atoms with Crippen LogP contribution in [0.2, 0.25) is 0 Å². The van der Waals surface area contributed by atoms with Gasteiger partial charge in [0.2, 0.25) is 5.89 Å². The maximum Gasteiger partial charge on any atom is 0.266 e. The van der Waals surface area contributed by atoms with Crippen molar-refractivity contribution >= 4 is 5.95 Å². The lowest BCUT2D eigenvalue weighted by molar-refractivity contribution is 0.191. The second kappa shape index (κ2) is 4.62. The van der Waals surface area contributed by atoms with Crippen LogP contribution in [0.25, 0.3) is 0 Å². The fraction of sp³-hybridized carbons (Fsp3) is 0.818. The molecule has 0 aliphatic carbocycles. The van der Waals surface area contributed by atoms with Crippen molar-refractivity contribution in [1.29, 1.82) is 0 Å². The zero-order chi connectivity index (χ0) is 11.7. The highest BCUT2D eigenvalue weighted by molar-refractivity contribution is 5.28. The van der Waals surface area contributed by atoms with Gasteiger partial charge in [0, 0.05) is 19.6 Å². The molecule has 2 fully saturated rings. The Bertz CT molecular complexity index is 356. The van der Waals surface area contributed by atoms with Gasteiger partial charge in [0.1, 0.15) is 0 Å². The lowest BCUT2D eigenvalue weighted by Crippen LogP contribution is -2.30. The average molecular weight is 238 g/mol. The molecule has 94 valence electrons. The number of rotatable bonds is 2. The van der Waals surface area contributed by atoms with E-state index in [4.69, 9.17) is 4.52 Å². The molecule has 0 aromatic carbocycles. The van der Waals surface area contributed by atoms with Gasteiger partial charge in [-0.15, -0.1) is 0 Å². The highest BCUT2D eigenvalue weighted by Crippen LogP contribution is 2.24. The van der Waals surface area contributed by atoms with Gasteiger partial charge in [-0.1, -0.05) is 0 Å². The second-order valence-electron chi connectivity index (χ2n) is 4.83. The summed E-state index contributed by atoms with van der Waals surface area (Å²) in [6.45, 7) is 2.63. The van der Waals surface area contributed by atoms with E-state index in [1.807, 2.05) is 0 Å². The van der Waals surface area contributed by atoms with Crippen LogP contribution in [0.5, 0.6) is 0 Å². The largest absolute Gasteiger partial charge is 0.392 e. The van der Waals surface area contributed by atoms with E-state index in [0.29, 0.717) is 24.8 Å². The molecule has 0 radical (unpaired) electrons. The van der Waals surface area contributed by atoms with E-state index in [1.165, 1.54) is 19.3 Å². The Morgan fingerprint density at radius 2 is 2.12 bits per heavy atom. The summed E-state index contributed by atoms with van der Waals surface area (Å²) in [5, 5.41) is 16.7. The van der Waals surface area contributed by atoms with Gasteiger partial charge >= 0.3 is 0 Å². The Kier molecular flexibility index (Phi) is 2.98. The quantitative estimate of drug-likeness (QED) is 0.779. The molecule has 0 amide bonds. The number of β-amino-alcohol motifs (C(OH)–C–C–N with tert-alkyl or cyclic N) is 1. The summed E-state index contributed by atoms with van der Waals surface area (Å²) in [5.41, 5.74) is 0. The van der Waals surface area contributed by atoms with Crippen LogP contribution in [0.4, 0.5) is 5.95 Å². The molecule has 6 nitrogen and oxygen atoms in total. The maximum atomic E-state index is 9.45. The van der Waals surface area contributed by atoms with Gasteiger partial charge in [0.15, 0.2) is 0 Å². The van der Waals surface area contributed by atoms with Crippen molar-refractivity contribution < 1.29 is 9.63 Å². The van der Waals surface area contributed by atoms with E-state index < -0.39 is 0 Å². The second-order valence-corrected chi connectivity index (χ2v) is 4.83. The summed E-state index contributed by atoms with van der Waals surface area (Å²) in [5.74, 6) is 1.30. The van der Waals surface area contributed by atoms with Gasteiger partial charge in [-0.3, -0.25) is 0 Å². The standard InChI is InChI=1S/C11H18N4O2/c16-8-6-9(12-7-8)10-13-11(14-17-10)15-4-2-1-3-5-15/h8-9,12,16H,1-7H2/t8-,9-/m1/s1. The molecule has 0 unspecified atom stereocenters. The Balaban J connectivity index is 1.69. The van der Waals surface area contributed by atoms with Crippen LogP contribution in [-0.2, 0) is 0 Å². The Hall–Kier alpha value is -1.14. The zero-order valence-electron chi connectivity index (χ0n) is 9.80. The van der Waals surface area contributed by atoms with Crippen molar-refractivity contribution in [2.45, 2.75) is 37.8 Å². The smallest absolute Gasteiger partial charge is 0.266 e. The third-order valence-electron chi connectivity index (χ3n) is 3.48. The number of aliphatic hydroxyl groups excluding tert-OH is 1. The normalized spacial score (nSPS) is 29.8. The first-order valence-electron chi connectivity index (χ1n) is 6.33. The number of aliphatic hydroxyl groups is 1. The zero-order valence-corrected chi connectivity index (χ0v) is 9.80. The molecule has 0 saturated carbocycles. The summed E-state index contributed by atoms with van der Waals surface area (Å²) in [7, 11) is 0. The summed E-state index contributed by atoms with van der Waals surface area (Å²) in [4.78, 5) is 6.59.